The monoisotopic (exact) mass is 389 g/mol. The number of hydrogen-bond donors (Lipinski definition) is 0. The normalized spacial score (nSPS) is 11.4. The van der Waals surface area contributed by atoms with Gasteiger partial charge < -0.3 is 0 Å². The van der Waals surface area contributed by atoms with E-state index in [0.29, 0.717) is 6.07 Å². The molecule has 0 unspecified atom stereocenters. The van der Waals surface area contributed by atoms with Crippen LogP contribution < -0.4 is 0 Å². The molecular weight excluding hydrogens is 387 g/mol. The minimum Gasteiger partial charge on any atom is -0.293 e. The largest absolute Gasteiger partial charge is 0.417 e. The summed E-state index contributed by atoms with van der Waals surface area (Å²) >= 11 is 5.48. The standard InChI is InChI=1S/C9H4Br2F3NO3/c10-3-6(16)7-4(9(12,13)14)1-2-5(11)8(7)15(17)18/h1-2H,3H2. The van der Waals surface area contributed by atoms with Gasteiger partial charge in [-0.3, -0.25) is 14.9 Å². The lowest BCUT2D eigenvalue weighted by atomic mass is 10.0. The summed E-state index contributed by atoms with van der Waals surface area (Å²) in [4.78, 5) is 21.3. The molecule has 9 heteroatoms. The minimum absolute atomic E-state index is 0.176. The van der Waals surface area contributed by atoms with E-state index >= 15 is 0 Å². The quantitative estimate of drug-likeness (QED) is 0.340. The van der Waals surface area contributed by atoms with Gasteiger partial charge in [0.2, 0.25) is 0 Å². The summed E-state index contributed by atoms with van der Waals surface area (Å²) < 4.78 is 38.0. The zero-order valence-electron chi connectivity index (χ0n) is 8.42. The molecule has 0 aliphatic rings. The van der Waals surface area contributed by atoms with E-state index < -0.39 is 39.0 Å². The van der Waals surface area contributed by atoms with E-state index in [0.717, 1.165) is 6.07 Å². The summed E-state index contributed by atoms with van der Waals surface area (Å²) in [7, 11) is 0. The Hall–Kier alpha value is -0.960. The summed E-state index contributed by atoms with van der Waals surface area (Å²) in [6.07, 6.45) is -4.83. The number of Topliss-reactive ketones (excluding diaryl/α,β-unsaturated/α-hetero) is 1. The molecule has 0 saturated heterocycles. The fourth-order valence-corrected chi connectivity index (χ4v) is 2.09. The number of carbonyl (C=O) groups excluding carboxylic acids is 1. The zero-order valence-corrected chi connectivity index (χ0v) is 11.6. The van der Waals surface area contributed by atoms with Crippen molar-refractivity contribution in [3.8, 4) is 0 Å². The van der Waals surface area contributed by atoms with E-state index in [1.165, 1.54) is 0 Å². The van der Waals surface area contributed by atoms with Crippen LogP contribution in [-0.2, 0) is 6.18 Å². The summed E-state index contributed by atoms with van der Waals surface area (Å²) in [6, 6.07) is 1.53. The molecule has 18 heavy (non-hydrogen) atoms. The number of nitro benzene ring substituents is 1. The van der Waals surface area contributed by atoms with Crippen LogP contribution in [-0.4, -0.2) is 16.0 Å². The first-order valence-electron chi connectivity index (χ1n) is 4.33. The molecule has 0 fully saturated rings. The van der Waals surface area contributed by atoms with E-state index in [-0.39, 0.29) is 4.47 Å². The molecule has 4 nitrogen and oxygen atoms in total. The van der Waals surface area contributed by atoms with Gasteiger partial charge in [0.25, 0.3) is 5.69 Å². The molecule has 0 bridgehead atoms. The molecule has 1 rings (SSSR count). The Morgan fingerprint density at radius 2 is 1.94 bits per heavy atom. The van der Waals surface area contributed by atoms with Crippen molar-refractivity contribution in [3.05, 3.63) is 37.8 Å². The first-order valence-corrected chi connectivity index (χ1v) is 6.24. The number of halogens is 5. The van der Waals surface area contributed by atoms with E-state index in [4.69, 9.17) is 0 Å². The number of benzene rings is 1. The van der Waals surface area contributed by atoms with Crippen molar-refractivity contribution in [1.29, 1.82) is 0 Å². The van der Waals surface area contributed by atoms with Crippen LogP contribution in [0.25, 0.3) is 0 Å². The first kappa shape index (κ1) is 15.1. The Labute approximate surface area is 116 Å². The van der Waals surface area contributed by atoms with Crippen LogP contribution in [0.1, 0.15) is 15.9 Å². The molecule has 0 N–H and O–H groups in total. The van der Waals surface area contributed by atoms with E-state index in [1.807, 2.05) is 0 Å². The van der Waals surface area contributed by atoms with E-state index in [2.05, 4.69) is 31.9 Å². The zero-order chi connectivity index (χ0) is 14.1. The van der Waals surface area contributed by atoms with Crippen LogP contribution in [0, 0.1) is 10.1 Å². The third-order valence-electron chi connectivity index (χ3n) is 2.02. The topological polar surface area (TPSA) is 60.2 Å². The first-order chi connectivity index (χ1) is 8.20. The van der Waals surface area contributed by atoms with Crippen LogP contribution in [0.5, 0.6) is 0 Å². The molecule has 1 aromatic rings. The third-order valence-corrected chi connectivity index (χ3v) is 3.17. The van der Waals surface area contributed by atoms with Crippen LogP contribution in [0.4, 0.5) is 18.9 Å². The lowest BCUT2D eigenvalue weighted by molar-refractivity contribution is -0.386. The molecule has 0 aliphatic carbocycles. The lowest BCUT2D eigenvalue weighted by Crippen LogP contribution is -2.16. The van der Waals surface area contributed by atoms with Crippen molar-refractivity contribution in [1.82, 2.24) is 0 Å². The van der Waals surface area contributed by atoms with Gasteiger partial charge >= 0.3 is 6.18 Å². The maximum Gasteiger partial charge on any atom is 0.417 e. The van der Waals surface area contributed by atoms with Gasteiger partial charge in [-0.25, -0.2) is 0 Å². The highest BCUT2D eigenvalue weighted by Gasteiger charge is 2.40. The molecule has 0 radical (unpaired) electrons. The Morgan fingerprint density at radius 1 is 1.39 bits per heavy atom. The molecule has 0 spiro atoms. The van der Waals surface area contributed by atoms with E-state index in [9.17, 15) is 28.1 Å². The fraction of sp³-hybridized carbons (Fsp3) is 0.222. The van der Waals surface area contributed by atoms with Gasteiger partial charge in [-0.15, -0.1) is 0 Å². The predicted molar refractivity (Wildman–Crippen MR) is 63.9 cm³/mol. The molecule has 1 aromatic carbocycles. The van der Waals surface area contributed by atoms with Gasteiger partial charge in [-0.1, -0.05) is 15.9 Å². The summed E-state index contributed by atoms with van der Waals surface area (Å²) in [6.45, 7) is 0. The molecule has 0 saturated carbocycles. The Balaban J connectivity index is 3.71. The van der Waals surface area contributed by atoms with Crippen LogP contribution in [0.2, 0.25) is 0 Å². The van der Waals surface area contributed by atoms with Crippen molar-refractivity contribution in [2.75, 3.05) is 5.33 Å². The second-order valence-electron chi connectivity index (χ2n) is 3.13. The average Bonchev–Trinajstić information content (AvgIpc) is 2.25. The van der Waals surface area contributed by atoms with Crippen molar-refractivity contribution in [2.24, 2.45) is 0 Å². The Bertz CT molecular complexity index is 517. The van der Waals surface area contributed by atoms with Crippen molar-refractivity contribution < 1.29 is 22.9 Å². The maximum absolute atomic E-state index is 12.7. The van der Waals surface area contributed by atoms with Gasteiger partial charge in [0.1, 0.15) is 5.56 Å². The van der Waals surface area contributed by atoms with Crippen molar-refractivity contribution >= 4 is 43.3 Å². The fourth-order valence-electron chi connectivity index (χ4n) is 1.33. The Morgan fingerprint density at radius 3 is 2.33 bits per heavy atom. The number of rotatable bonds is 3. The predicted octanol–water partition coefficient (Wildman–Crippen LogP) is 3.95. The molecule has 0 aliphatic heterocycles. The second kappa shape index (κ2) is 5.35. The minimum atomic E-state index is -4.83. The van der Waals surface area contributed by atoms with Gasteiger partial charge in [-0.2, -0.15) is 13.2 Å². The Kier molecular flexibility index (Phi) is 4.49. The van der Waals surface area contributed by atoms with Gasteiger partial charge in [0.05, 0.1) is 20.3 Å². The third kappa shape index (κ3) is 2.89. The molecule has 0 atom stereocenters. The summed E-state index contributed by atoms with van der Waals surface area (Å²) in [5, 5.41) is 10.3. The van der Waals surface area contributed by atoms with Crippen molar-refractivity contribution in [2.45, 2.75) is 6.18 Å². The second-order valence-corrected chi connectivity index (χ2v) is 4.55. The molecule has 98 valence electrons. The van der Waals surface area contributed by atoms with Crippen molar-refractivity contribution in [3.63, 3.8) is 0 Å². The highest BCUT2D eigenvalue weighted by molar-refractivity contribution is 9.10. The summed E-state index contributed by atoms with van der Waals surface area (Å²) in [5.74, 6) is -1.00. The van der Waals surface area contributed by atoms with Gasteiger partial charge in [0, 0.05) is 0 Å². The average molecular weight is 391 g/mol. The number of hydrogen-bond acceptors (Lipinski definition) is 3. The summed E-state index contributed by atoms with van der Waals surface area (Å²) in [5.41, 5.74) is -3.14. The molecule has 0 heterocycles. The van der Waals surface area contributed by atoms with Crippen LogP contribution in [0.15, 0.2) is 16.6 Å². The number of ketones is 1. The number of alkyl halides is 4. The highest BCUT2D eigenvalue weighted by atomic mass is 79.9. The molecule has 0 aromatic heterocycles. The smallest absolute Gasteiger partial charge is 0.293 e. The number of carbonyl (C=O) groups is 1. The number of nitro groups is 1. The van der Waals surface area contributed by atoms with Gasteiger partial charge in [0.15, 0.2) is 5.78 Å². The molecular formula is C9H4Br2F3NO3. The van der Waals surface area contributed by atoms with Crippen LogP contribution >= 0.6 is 31.9 Å². The number of nitrogens with zero attached hydrogens (tertiary/aromatic N) is 1. The lowest BCUT2D eigenvalue weighted by Gasteiger charge is -2.12. The SMILES string of the molecule is O=C(CBr)c1c(C(F)(F)F)ccc(Br)c1[N+](=O)[O-]. The van der Waals surface area contributed by atoms with Crippen LogP contribution in [0.3, 0.4) is 0 Å². The van der Waals surface area contributed by atoms with Gasteiger partial charge in [-0.05, 0) is 28.1 Å². The highest BCUT2D eigenvalue weighted by Crippen LogP contribution is 2.39. The molecule has 0 amide bonds. The maximum atomic E-state index is 12.7. The van der Waals surface area contributed by atoms with E-state index in [1.54, 1.807) is 0 Å².